The van der Waals surface area contributed by atoms with Crippen molar-refractivity contribution in [2.75, 3.05) is 24.6 Å². The SMILES string of the molecule is NCCOc1cccc(N2C(=O)CNC2=O)c1. The van der Waals surface area contributed by atoms with E-state index in [1.165, 1.54) is 0 Å². The highest BCUT2D eigenvalue weighted by Crippen LogP contribution is 2.22. The molecule has 0 bridgehead atoms. The van der Waals surface area contributed by atoms with Gasteiger partial charge in [-0.15, -0.1) is 0 Å². The van der Waals surface area contributed by atoms with Crippen LogP contribution in [0, 0.1) is 0 Å². The molecule has 3 N–H and O–H groups in total. The van der Waals surface area contributed by atoms with Gasteiger partial charge in [-0.1, -0.05) is 6.07 Å². The summed E-state index contributed by atoms with van der Waals surface area (Å²) in [6, 6.07) is 6.37. The van der Waals surface area contributed by atoms with Gasteiger partial charge in [-0.05, 0) is 12.1 Å². The van der Waals surface area contributed by atoms with Crippen molar-refractivity contribution in [3.05, 3.63) is 24.3 Å². The predicted molar refractivity (Wildman–Crippen MR) is 61.9 cm³/mol. The zero-order valence-electron chi connectivity index (χ0n) is 9.18. The summed E-state index contributed by atoms with van der Waals surface area (Å²) in [5.41, 5.74) is 5.83. The van der Waals surface area contributed by atoms with Crippen LogP contribution in [-0.4, -0.2) is 31.6 Å². The van der Waals surface area contributed by atoms with E-state index < -0.39 is 6.03 Å². The van der Waals surface area contributed by atoms with Crippen molar-refractivity contribution in [1.29, 1.82) is 0 Å². The summed E-state index contributed by atoms with van der Waals surface area (Å²) in [5, 5.41) is 2.46. The molecule has 1 fully saturated rings. The third kappa shape index (κ3) is 2.36. The lowest BCUT2D eigenvalue weighted by molar-refractivity contribution is -0.115. The Morgan fingerprint density at radius 2 is 2.24 bits per heavy atom. The smallest absolute Gasteiger partial charge is 0.329 e. The van der Waals surface area contributed by atoms with E-state index >= 15 is 0 Å². The molecule has 1 aromatic rings. The van der Waals surface area contributed by atoms with Crippen LogP contribution in [0.15, 0.2) is 24.3 Å². The van der Waals surface area contributed by atoms with Crippen molar-refractivity contribution in [2.45, 2.75) is 0 Å². The van der Waals surface area contributed by atoms with Gasteiger partial charge < -0.3 is 15.8 Å². The van der Waals surface area contributed by atoms with E-state index in [2.05, 4.69) is 5.32 Å². The van der Waals surface area contributed by atoms with Crippen molar-refractivity contribution in [3.63, 3.8) is 0 Å². The molecule has 17 heavy (non-hydrogen) atoms. The van der Waals surface area contributed by atoms with Crippen LogP contribution in [0.5, 0.6) is 5.75 Å². The minimum atomic E-state index is -0.411. The van der Waals surface area contributed by atoms with Crippen molar-refractivity contribution in [1.82, 2.24) is 5.32 Å². The van der Waals surface area contributed by atoms with Crippen LogP contribution in [-0.2, 0) is 4.79 Å². The second-order valence-corrected chi connectivity index (χ2v) is 3.52. The molecule has 0 saturated carbocycles. The molecule has 1 saturated heterocycles. The van der Waals surface area contributed by atoms with Crippen LogP contribution in [0.4, 0.5) is 10.5 Å². The quantitative estimate of drug-likeness (QED) is 0.724. The minimum absolute atomic E-state index is 0.0344. The molecular formula is C11H13N3O3. The van der Waals surface area contributed by atoms with E-state index in [-0.39, 0.29) is 12.5 Å². The maximum absolute atomic E-state index is 11.5. The maximum atomic E-state index is 11.5. The van der Waals surface area contributed by atoms with Gasteiger partial charge in [-0.3, -0.25) is 4.79 Å². The van der Waals surface area contributed by atoms with Crippen molar-refractivity contribution in [3.8, 4) is 5.75 Å². The maximum Gasteiger partial charge on any atom is 0.329 e. The average molecular weight is 235 g/mol. The minimum Gasteiger partial charge on any atom is -0.492 e. The number of imide groups is 1. The lowest BCUT2D eigenvalue weighted by atomic mass is 10.3. The van der Waals surface area contributed by atoms with E-state index in [9.17, 15) is 9.59 Å². The molecule has 3 amide bonds. The zero-order valence-corrected chi connectivity index (χ0v) is 9.18. The third-order valence-corrected chi connectivity index (χ3v) is 2.31. The fourth-order valence-electron chi connectivity index (χ4n) is 1.57. The second-order valence-electron chi connectivity index (χ2n) is 3.52. The first-order chi connectivity index (χ1) is 8.22. The number of amides is 3. The molecule has 90 valence electrons. The van der Waals surface area contributed by atoms with Gasteiger partial charge in [0.15, 0.2) is 0 Å². The van der Waals surface area contributed by atoms with Crippen LogP contribution in [0.2, 0.25) is 0 Å². The molecule has 0 aromatic heterocycles. The molecule has 1 aliphatic heterocycles. The highest BCUT2D eigenvalue weighted by atomic mass is 16.5. The Balaban J connectivity index is 2.20. The number of urea groups is 1. The Morgan fingerprint density at radius 3 is 2.88 bits per heavy atom. The van der Waals surface area contributed by atoms with Crippen LogP contribution in [0.1, 0.15) is 0 Å². The second kappa shape index (κ2) is 4.84. The Bertz CT molecular complexity index is 431. The number of benzene rings is 1. The Labute approximate surface area is 98.3 Å². The molecule has 0 atom stereocenters. The van der Waals surface area contributed by atoms with E-state index in [1.807, 2.05) is 0 Å². The topological polar surface area (TPSA) is 84.7 Å². The molecule has 0 radical (unpaired) electrons. The first-order valence-corrected chi connectivity index (χ1v) is 5.26. The summed E-state index contributed by atoms with van der Waals surface area (Å²) in [6.45, 7) is 0.837. The Hall–Kier alpha value is -2.08. The zero-order chi connectivity index (χ0) is 12.3. The lowest BCUT2D eigenvalue weighted by Crippen LogP contribution is -2.30. The van der Waals surface area contributed by atoms with Crippen LogP contribution >= 0.6 is 0 Å². The molecule has 0 unspecified atom stereocenters. The monoisotopic (exact) mass is 235 g/mol. The van der Waals surface area contributed by atoms with Gasteiger partial charge in [0.1, 0.15) is 12.4 Å². The number of hydrogen-bond acceptors (Lipinski definition) is 4. The van der Waals surface area contributed by atoms with Gasteiger partial charge >= 0.3 is 6.03 Å². The fourth-order valence-corrected chi connectivity index (χ4v) is 1.57. The van der Waals surface area contributed by atoms with E-state index in [0.29, 0.717) is 24.6 Å². The lowest BCUT2D eigenvalue weighted by Gasteiger charge is -2.13. The number of rotatable bonds is 4. The van der Waals surface area contributed by atoms with Gasteiger partial charge in [0, 0.05) is 12.6 Å². The fraction of sp³-hybridized carbons (Fsp3) is 0.273. The number of nitrogens with one attached hydrogen (secondary N) is 1. The number of hydrogen-bond donors (Lipinski definition) is 2. The number of nitrogens with zero attached hydrogens (tertiary/aromatic N) is 1. The van der Waals surface area contributed by atoms with E-state index in [0.717, 1.165) is 4.90 Å². The molecule has 1 aromatic carbocycles. The molecule has 6 heteroatoms. The third-order valence-electron chi connectivity index (χ3n) is 2.31. The summed E-state index contributed by atoms with van der Waals surface area (Å²) in [6.07, 6.45) is 0. The molecular weight excluding hydrogens is 222 g/mol. The standard InChI is InChI=1S/C11H13N3O3/c12-4-5-17-9-3-1-2-8(6-9)14-10(15)7-13-11(14)16/h1-3,6H,4-5,7,12H2,(H,13,16). The summed E-state index contributed by atoms with van der Waals surface area (Å²) >= 11 is 0. The first kappa shape index (κ1) is 11.4. The first-order valence-electron chi connectivity index (χ1n) is 5.26. The van der Waals surface area contributed by atoms with Gasteiger partial charge in [-0.2, -0.15) is 0 Å². The molecule has 0 spiro atoms. The molecule has 0 aliphatic carbocycles. The summed E-state index contributed by atoms with van der Waals surface area (Å²) in [7, 11) is 0. The van der Waals surface area contributed by atoms with Crippen molar-refractivity contribution < 1.29 is 14.3 Å². The largest absolute Gasteiger partial charge is 0.492 e. The van der Waals surface area contributed by atoms with Gasteiger partial charge in [0.05, 0.1) is 12.2 Å². The Kier molecular flexibility index (Phi) is 3.24. The van der Waals surface area contributed by atoms with Gasteiger partial charge in [-0.25, -0.2) is 9.69 Å². The Morgan fingerprint density at radius 1 is 1.41 bits per heavy atom. The highest BCUT2D eigenvalue weighted by molar-refractivity contribution is 6.19. The molecule has 1 aliphatic rings. The number of carbonyl (C=O) groups excluding carboxylic acids is 2. The molecule has 6 nitrogen and oxygen atoms in total. The summed E-state index contributed by atoms with van der Waals surface area (Å²) in [4.78, 5) is 24.0. The van der Waals surface area contributed by atoms with Gasteiger partial charge in [0.25, 0.3) is 5.91 Å². The predicted octanol–water partition coefficient (Wildman–Crippen LogP) is 0.0803. The number of carbonyl (C=O) groups is 2. The van der Waals surface area contributed by atoms with Gasteiger partial charge in [0.2, 0.25) is 0 Å². The summed E-state index contributed by atoms with van der Waals surface area (Å²) < 4.78 is 5.33. The summed E-state index contributed by atoms with van der Waals surface area (Å²) in [5.74, 6) is 0.312. The van der Waals surface area contributed by atoms with Crippen molar-refractivity contribution >= 4 is 17.6 Å². The molecule has 2 rings (SSSR count). The average Bonchev–Trinajstić information content (AvgIpc) is 2.67. The highest BCUT2D eigenvalue weighted by Gasteiger charge is 2.29. The van der Waals surface area contributed by atoms with Crippen molar-refractivity contribution in [2.24, 2.45) is 5.73 Å². The van der Waals surface area contributed by atoms with E-state index in [1.54, 1.807) is 24.3 Å². The van der Waals surface area contributed by atoms with Crippen LogP contribution < -0.4 is 20.7 Å². The molecule has 1 heterocycles. The van der Waals surface area contributed by atoms with E-state index in [4.69, 9.17) is 10.5 Å². The number of ether oxygens (including phenoxy) is 1. The number of anilines is 1. The van der Waals surface area contributed by atoms with Crippen LogP contribution in [0.25, 0.3) is 0 Å². The number of nitrogens with two attached hydrogens (primary N) is 1. The normalized spacial score (nSPS) is 15.0. The van der Waals surface area contributed by atoms with Crippen LogP contribution in [0.3, 0.4) is 0 Å².